The first-order chi connectivity index (χ1) is 8.20. The highest BCUT2D eigenvalue weighted by Crippen LogP contribution is 2.21. The van der Waals surface area contributed by atoms with Gasteiger partial charge in [0.1, 0.15) is 10.9 Å². The van der Waals surface area contributed by atoms with E-state index in [2.05, 4.69) is 22.1 Å². The van der Waals surface area contributed by atoms with Crippen LogP contribution in [0.3, 0.4) is 0 Å². The fourth-order valence-electron chi connectivity index (χ4n) is 2.17. The van der Waals surface area contributed by atoms with Gasteiger partial charge in [-0.3, -0.25) is 0 Å². The van der Waals surface area contributed by atoms with Crippen molar-refractivity contribution in [2.75, 3.05) is 20.1 Å². The summed E-state index contributed by atoms with van der Waals surface area (Å²) in [6.45, 7) is 2.04. The molecule has 2 rings (SSSR count). The molecule has 2 heterocycles. The van der Waals surface area contributed by atoms with Gasteiger partial charge in [0.25, 0.3) is 0 Å². The molecule has 0 bridgehead atoms. The Morgan fingerprint density at radius 3 is 2.76 bits per heavy atom. The SMILES string of the molecule is CN1CCC(/C(=N\O)c2cccc(Cl)n2)CC1. The number of hydrogen-bond donors (Lipinski definition) is 1. The number of nitrogens with zero attached hydrogens (tertiary/aromatic N) is 3. The van der Waals surface area contributed by atoms with Crippen LogP contribution in [0.4, 0.5) is 0 Å². The average molecular weight is 254 g/mol. The van der Waals surface area contributed by atoms with Crippen molar-refractivity contribution >= 4 is 17.3 Å². The van der Waals surface area contributed by atoms with Crippen molar-refractivity contribution in [1.82, 2.24) is 9.88 Å². The maximum atomic E-state index is 9.18. The molecule has 17 heavy (non-hydrogen) atoms. The van der Waals surface area contributed by atoms with E-state index in [1.54, 1.807) is 6.07 Å². The Morgan fingerprint density at radius 1 is 1.47 bits per heavy atom. The molecule has 0 aromatic carbocycles. The molecule has 0 radical (unpaired) electrons. The molecule has 1 aromatic rings. The van der Waals surface area contributed by atoms with Crippen LogP contribution >= 0.6 is 11.6 Å². The predicted molar refractivity (Wildman–Crippen MR) is 67.8 cm³/mol. The summed E-state index contributed by atoms with van der Waals surface area (Å²) in [4.78, 5) is 6.47. The van der Waals surface area contributed by atoms with E-state index in [0.717, 1.165) is 25.9 Å². The van der Waals surface area contributed by atoms with Gasteiger partial charge < -0.3 is 10.1 Å². The predicted octanol–water partition coefficient (Wildman–Crippen LogP) is 2.26. The van der Waals surface area contributed by atoms with Gasteiger partial charge in [0.05, 0.1) is 5.69 Å². The number of rotatable bonds is 2. The zero-order valence-corrected chi connectivity index (χ0v) is 10.6. The summed E-state index contributed by atoms with van der Waals surface area (Å²) in [5.74, 6) is 0.266. The quantitative estimate of drug-likeness (QED) is 0.381. The summed E-state index contributed by atoms with van der Waals surface area (Å²) < 4.78 is 0. The molecule has 1 aliphatic heterocycles. The average Bonchev–Trinajstić information content (AvgIpc) is 2.33. The second-order valence-corrected chi connectivity index (χ2v) is 4.80. The first kappa shape index (κ1) is 12.3. The second-order valence-electron chi connectivity index (χ2n) is 4.41. The van der Waals surface area contributed by atoms with Crippen LogP contribution in [0, 0.1) is 5.92 Å². The molecule has 0 amide bonds. The van der Waals surface area contributed by atoms with Crippen LogP contribution in [0.2, 0.25) is 5.15 Å². The van der Waals surface area contributed by atoms with Crippen molar-refractivity contribution in [3.63, 3.8) is 0 Å². The van der Waals surface area contributed by atoms with Crippen molar-refractivity contribution in [2.45, 2.75) is 12.8 Å². The summed E-state index contributed by atoms with van der Waals surface area (Å²) in [6, 6.07) is 5.37. The lowest BCUT2D eigenvalue weighted by Gasteiger charge is -2.28. The maximum absolute atomic E-state index is 9.18. The number of aromatic nitrogens is 1. The van der Waals surface area contributed by atoms with Gasteiger partial charge in [0.2, 0.25) is 0 Å². The minimum absolute atomic E-state index is 0.266. The molecule has 1 N–H and O–H groups in total. The van der Waals surface area contributed by atoms with Crippen LogP contribution < -0.4 is 0 Å². The number of pyridine rings is 1. The van der Waals surface area contributed by atoms with E-state index >= 15 is 0 Å². The van der Waals surface area contributed by atoms with Crippen molar-refractivity contribution in [1.29, 1.82) is 0 Å². The zero-order chi connectivity index (χ0) is 12.3. The molecule has 1 aromatic heterocycles. The van der Waals surface area contributed by atoms with E-state index in [0.29, 0.717) is 16.6 Å². The third kappa shape index (κ3) is 2.96. The Morgan fingerprint density at radius 2 is 2.18 bits per heavy atom. The van der Waals surface area contributed by atoms with E-state index in [1.165, 1.54) is 0 Å². The number of piperidine rings is 1. The largest absolute Gasteiger partial charge is 0.411 e. The fourth-order valence-corrected chi connectivity index (χ4v) is 2.34. The van der Waals surface area contributed by atoms with E-state index in [-0.39, 0.29) is 5.92 Å². The fraction of sp³-hybridized carbons (Fsp3) is 0.500. The second kappa shape index (κ2) is 5.47. The molecule has 0 saturated carbocycles. The van der Waals surface area contributed by atoms with Gasteiger partial charge in [-0.2, -0.15) is 0 Å². The summed E-state index contributed by atoms with van der Waals surface area (Å²) in [5, 5.41) is 13.0. The summed E-state index contributed by atoms with van der Waals surface area (Å²) in [5.41, 5.74) is 1.33. The third-order valence-electron chi connectivity index (χ3n) is 3.19. The van der Waals surface area contributed by atoms with Crippen molar-refractivity contribution in [3.8, 4) is 0 Å². The number of oxime groups is 1. The third-order valence-corrected chi connectivity index (χ3v) is 3.40. The van der Waals surface area contributed by atoms with Gasteiger partial charge in [-0.05, 0) is 45.1 Å². The maximum Gasteiger partial charge on any atom is 0.129 e. The van der Waals surface area contributed by atoms with Gasteiger partial charge >= 0.3 is 0 Å². The molecule has 0 unspecified atom stereocenters. The standard InChI is InChI=1S/C12H16ClN3O/c1-16-7-5-9(6-8-16)12(15-17)10-3-2-4-11(13)14-10/h2-4,9,17H,5-8H2,1H3/b15-12+. The molecule has 5 heteroatoms. The minimum atomic E-state index is 0.266. The van der Waals surface area contributed by atoms with Gasteiger partial charge in [-0.25, -0.2) is 4.98 Å². The van der Waals surface area contributed by atoms with E-state index < -0.39 is 0 Å². The Labute approximate surface area is 106 Å². The lowest BCUT2D eigenvalue weighted by Crippen LogP contribution is -2.34. The van der Waals surface area contributed by atoms with Crippen LogP contribution in [-0.2, 0) is 0 Å². The molecule has 1 aliphatic rings. The van der Waals surface area contributed by atoms with Gasteiger partial charge in [-0.15, -0.1) is 0 Å². The molecular formula is C12H16ClN3O. The smallest absolute Gasteiger partial charge is 0.129 e. The highest BCUT2D eigenvalue weighted by atomic mass is 35.5. The normalized spacial score (nSPS) is 19.5. The van der Waals surface area contributed by atoms with Crippen molar-refractivity contribution in [2.24, 2.45) is 11.1 Å². The lowest BCUT2D eigenvalue weighted by molar-refractivity contribution is 0.246. The molecule has 0 aliphatic carbocycles. The van der Waals surface area contributed by atoms with Crippen LogP contribution in [0.1, 0.15) is 18.5 Å². The van der Waals surface area contributed by atoms with Gasteiger partial charge in [0, 0.05) is 5.92 Å². The number of halogens is 1. The van der Waals surface area contributed by atoms with Crippen LogP contribution in [0.25, 0.3) is 0 Å². The highest BCUT2D eigenvalue weighted by Gasteiger charge is 2.24. The Bertz CT molecular complexity index is 414. The summed E-state index contributed by atoms with van der Waals surface area (Å²) in [7, 11) is 2.10. The first-order valence-corrected chi connectivity index (χ1v) is 6.12. The van der Waals surface area contributed by atoms with E-state index in [9.17, 15) is 5.21 Å². The van der Waals surface area contributed by atoms with Gasteiger partial charge in [-0.1, -0.05) is 22.8 Å². The van der Waals surface area contributed by atoms with E-state index in [4.69, 9.17) is 11.6 Å². The summed E-state index contributed by atoms with van der Waals surface area (Å²) >= 11 is 5.85. The Kier molecular flexibility index (Phi) is 3.97. The molecule has 92 valence electrons. The van der Waals surface area contributed by atoms with Crippen LogP contribution in [0.15, 0.2) is 23.4 Å². The minimum Gasteiger partial charge on any atom is -0.411 e. The van der Waals surface area contributed by atoms with Crippen molar-refractivity contribution in [3.05, 3.63) is 29.0 Å². The monoisotopic (exact) mass is 253 g/mol. The first-order valence-electron chi connectivity index (χ1n) is 5.74. The number of likely N-dealkylation sites (tertiary alicyclic amines) is 1. The van der Waals surface area contributed by atoms with Gasteiger partial charge in [0.15, 0.2) is 0 Å². The molecule has 4 nitrogen and oxygen atoms in total. The van der Waals surface area contributed by atoms with Crippen LogP contribution in [-0.4, -0.2) is 40.9 Å². The molecule has 1 saturated heterocycles. The lowest BCUT2D eigenvalue weighted by atomic mass is 9.90. The number of hydrogen-bond acceptors (Lipinski definition) is 4. The molecule has 0 spiro atoms. The van der Waals surface area contributed by atoms with E-state index in [1.807, 2.05) is 12.1 Å². The van der Waals surface area contributed by atoms with Crippen LogP contribution in [0.5, 0.6) is 0 Å². The van der Waals surface area contributed by atoms with Crippen molar-refractivity contribution < 1.29 is 5.21 Å². The Hall–Kier alpha value is -1.13. The molecular weight excluding hydrogens is 238 g/mol. The summed E-state index contributed by atoms with van der Waals surface area (Å²) in [6.07, 6.45) is 1.98. The molecule has 0 atom stereocenters. The topological polar surface area (TPSA) is 48.7 Å². The Balaban J connectivity index is 2.17. The molecule has 1 fully saturated rings. The highest BCUT2D eigenvalue weighted by molar-refractivity contribution is 6.29. The zero-order valence-electron chi connectivity index (χ0n) is 9.80.